The molecule has 1 unspecified atom stereocenters. The summed E-state index contributed by atoms with van der Waals surface area (Å²) in [7, 11) is -0.964. The highest BCUT2D eigenvalue weighted by atomic mass is 35.5. The quantitative estimate of drug-likeness (QED) is 0.890. The van der Waals surface area contributed by atoms with Crippen LogP contribution >= 0.6 is 12.4 Å². The van der Waals surface area contributed by atoms with E-state index >= 15 is 0 Å². The van der Waals surface area contributed by atoms with Gasteiger partial charge in [-0.15, -0.1) is 12.4 Å². The zero-order valence-electron chi connectivity index (χ0n) is 13.2. The smallest absolute Gasteiger partial charge is 0.243 e. The molecular formula is C15H25ClN2O2S. The summed E-state index contributed by atoms with van der Waals surface area (Å²) in [5.74, 6) is 0.228. The van der Waals surface area contributed by atoms with E-state index < -0.39 is 16.3 Å². The Morgan fingerprint density at radius 1 is 1.24 bits per heavy atom. The van der Waals surface area contributed by atoms with Crippen LogP contribution in [-0.2, 0) is 21.3 Å². The van der Waals surface area contributed by atoms with Crippen LogP contribution in [0, 0.1) is 0 Å². The standard InChI is InChI=1S/C15H24N2O2S.ClH/c1-14(2,3)20(19)10-11-7-6-8-12(9-11)17-13(18)15(4,5)16;/h6-9H,10,16H2,1-5H3,(H,17,18);1H. The molecule has 0 saturated heterocycles. The zero-order chi connectivity index (χ0) is 15.6. The third-order valence-corrected chi connectivity index (χ3v) is 4.71. The predicted molar refractivity (Wildman–Crippen MR) is 92.2 cm³/mol. The van der Waals surface area contributed by atoms with E-state index in [0.717, 1.165) is 5.56 Å². The van der Waals surface area contributed by atoms with E-state index in [0.29, 0.717) is 11.4 Å². The van der Waals surface area contributed by atoms with Crippen molar-refractivity contribution in [1.29, 1.82) is 0 Å². The molecule has 0 saturated carbocycles. The van der Waals surface area contributed by atoms with E-state index in [1.54, 1.807) is 19.9 Å². The fraction of sp³-hybridized carbons (Fsp3) is 0.533. The monoisotopic (exact) mass is 332 g/mol. The Kier molecular flexibility index (Phi) is 7.06. The first-order chi connectivity index (χ1) is 9.00. The minimum absolute atomic E-state index is 0. The van der Waals surface area contributed by atoms with Gasteiger partial charge in [0.25, 0.3) is 0 Å². The average molecular weight is 333 g/mol. The first-order valence-electron chi connectivity index (χ1n) is 6.58. The summed E-state index contributed by atoms with van der Waals surface area (Å²) in [5.41, 5.74) is 6.43. The maximum absolute atomic E-state index is 12.1. The minimum atomic E-state index is -0.964. The van der Waals surface area contributed by atoms with Crippen LogP contribution in [0.15, 0.2) is 24.3 Å². The molecule has 0 bridgehead atoms. The van der Waals surface area contributed by atoms with Crippen LogP contribution in [0.5, 0.6) is 0 Å². The van der Waals surface area contributed by atoms with Gasteiger partial charge in [-0.05, 0) is 52.3 Å². The molecule has 1 rings (SSSR count). The van der Waals surface area contributed by atoms with Gasteiger partial charge in [0.1, 0.15) is 0 Å². The van der Waals surface area contributed by atoms with E-state index in [2.05, 4.69) is 5.32 Å². The van der Waals surface area contributed by atoms with Gasteiger partial charge in [-0.2, -0.15) is 0 Å². The second kappa shape index (κ2) is 7.38. The molecule has 120 valence electrons. The van der Waals surface area contributed by atoms with Crippen LogP contribution in [0.2, 0.25) is 0 Å². The molecule has 21 heavy (non-hydrogen) atoms. The van der Waals surface area contributed by atoms with Crippen molar-refractivity contribution in [2.75, 3.05) is 5.32 Å². The Labute approximate surface area is 135 Å². The summed E-state index contributed by atoms with van der Waals surface area (Å²) in [4.78, 5) is 11.8. The Morgan fingerprint density at radius 2 is 1.81 bits per heavy atom. The van der Waals surface area contributed by atoms with E-state index in [4.69, 9.17) is 5.73 Å². The van der Waals surface area contributed by atoms with Crippen LogP contribution in [0.4, 0.5) is 5.69 Å². The topological polar surface area (TPSA) is 72.2 Å². The molecule has 0 heterocycles. The van der Waals surface area contributed by atoms with Crippen LogP contribution in [-0.4, -0.2) is 20.4 Å². The summed E-state index contributed by atoms with van der Waals surface area (Å²) in [6, 6.07) is 7.39. The number of nitrogens with two attached hydrogens (primary N) is 1. The first kappa shape index (κ1) is 20.1. The van der Waals surface area contributed by atoms with Crippen molar-refractivity contribution in [3.63, 3.8) is 0 Å². The highest BCUT2D eigenvalue weighted by Crippen LogP contribution is 2.19. The lowest BCUT2D eigenvalue weighted by atomic mass is 10.1. The Hall–Kier alpha value is -0.910. The van der Waals surface area contributed by atoms with E-state index in [1.165, 1.54) is 0 Å². The number of halogens is 1. The number of carbonyl (C=O) groups is 1. The number of rotatable bonds is 4. The van der Waals surface area contributed by atoms with Crippen LogP contribution in [0.3, 0.4) is 0 Å². The zero-order valence-corrected chi connectivity index (χ0v) is 14.9. The van der Waals surface area contributed by atoms with Gasteiger partial charge in [-0.25, -0.2) is 0 Å². The molecule has 0 fully saturated rings. The van der Waals surface area contributed by atoms with Crippen molar-refractivity contribution >= 4 is 34.8 Å². The lowest BCUT2D eigenvalue weighted by molar-refractivity contribution is -0.120. The lowest BCUT2D eigenvalue weighted by Crippen LogP contribution is -2.45. The second-order valence-electron chi connectivity index (χ2n) is 6.48. The lowest BCUT2D eigenvalue weighted by Gasteiger charge is -2.19. The Morgan fingerprint density at radius 3 is 2.29 bits per heavy atom. The molecule has 0 radical (unpaired) electrons. The van der Waals surface area contributed by atoms with Gasteiger partial charge in [-0.1, -0.05) is 12.1 Å². The SMILES string of the molecule is CC(C)(N)C(=O)Nc1cccc(CS(=O)C(C)(C)C)c1.Cl. The van der Waals surface area contributed by atoms with Gasteiger partial charge in [0.05, 0.1) is 5.54 Å². The number of hydrogen-bond acceptors (Lipinski definition) is 3. The normalized spacial score (nSPS) is 13.2. The van der Waals surface area contributed by atoms with E-state index in [9.17, 15) is 9.00 Å². The fourth-order valence-corrected chi connectivity index (χ4v) is 2.31. The molecule has 3 N–H and O–H groups in total. The summed E-state index contributed by atoms with van der Waals surface area (Å²) in [6.45, 7) is 9.16. The molecule has 0 aliphatic carbocycles. The van der Waals surface area contributed by atoms with Gasteiger partial charge in [0.2, 0.25) is 5.91 Å². The van der Waals surface area contributed by atoms with Crippen molar-refractivity contribution in [2.24, 2.45) is 5.73 Å². The van der Waals surface area contributed by atoms with Gasteiger partial charge in [-0.3, -0.25) is 9.00 Å². The second-order valence-corrected chi connectivity index (χ2v) is 8.68. The summed E-state index contributed by atoms with van der Waals surface area (Å²) in [5, 5.41) is 2.77. The molecule has 1 amide bonds. The third kappa shape index (κ3) is 6.59. The van der Waals surface area contributed by atoms with Gasteiger partial charge in [0.15, 0.2) is 0 Å². The van der Waals surface area contributed by atoms with Crippen LogP contribution in [0.1, 0.15) is 40.2 Å². The largest absolute Gasteiger partial charge is 0.325 e. The minimum Gasteiger partial charge on any atom is -0.325 e. The number of anilines is 1. The van der Waals surface area contributed by atoms with E-state index in [-0.39, 0.29) is 23.1 Å². The molecule has 1 aromatic rings. The Balaban J connectivity index is 0.00000400. The van der Waals surface area contributed by atoms with Gasteiger partial charge in [0, 0.05) is 27.0 Å². The fourth-order valence-electron chi connectivity index (χ4n) is 1.40. The molecule has 4 nitrogen and oxygen atoms in total. The molecule has 0 aliphatic rings. The molecule has 6 heteroatoms. The van der Waals surface area contributed by atoms with Crippen molar-refractivity contribution < 1.29 is 9.00 Å². The van der Waals surface area contributed by atoms with Crippen LogP contribution < -0.4 is 11.1 Å². The molecule has 0 aliphatic heterocycles. The highest BCUT2D eigenvalue weighted by Gasteiger charge is 2.22. The number of carbonyl (C=O) groups excluding carboxylic acids is 1. The predicted octanol–water partition coefficient (Wildman–Crippen LogP) is 2.83. The van der Waals surface area contributed by atoms with Crippen molar-refractivity contribution in [3.8, 4) is 0 Å². The Bertz CT molecular complexity index is 476. The average Bonchev–Trinajstić information content (AvgIpc) is 2.26. The molecule has 0 aromatic heterocycles. The van der Waals surface area contributed by atoms with Gasteiger partial charge >= 0.3 is 0 Å². The highest BCUT2D eigenvalue weighted by molar-refractivity contribution is 7.85. The molecular weight excluding hydrogens is 308 g/mol. The van der Waals surface area contributed by atoms with Crippen molar-refractivity contribution in [1.82, 2.24) is 0 Å². The third-order valence-electron chi connectivity index (χ3n) is 2.75. The first-order valence-corrected chi connectivity index (χ1v) is 7.90. The number of hydrogen-bond donors (Lipinski definition) is 2. The van der Waals surface area contributed by atoms with Crippen LogP contribution in [0.25, 0.3) is 0 Å². The van der Waals surface area contributed by atoms with Crippen molar-refractivity contribution in [3.05, 3.63) is 29.8 Å². The maximum Gasteiger partial charge on any atom is 0.243 e. The summed E-state index contributed by atoms with van der Waals surface area (Å²) >= 11 is 0. The molecule has 0 spiro atoms. The number of benzene rings is 1. The number of amides is 1. The molecule has 1 aromatic carbocycles. The summed E-state index contributed by atoms with van der Waals surface area (Å²) in [6.07, 6.45) is 0. The number of nitrogens with one attached hydrogen (secondary N) is 1. The summed E-state index contributed by atoms with van der Waals surface area (Å²) < 4.78 is 11.9. The molecule has 1 atom stereocenters. The van der Waals surface area contributed by atoms with E-state index in [1.807, 2.05) is 39.0 Å². The van der Waals surface area contributed by atoms with Crippen molar-refractivity contribution in [2.45, 2.75) is 50.7 Å². The van der Waals surface area contributed by atoms with Gasteiger partial charge < -0.3 is 11.1 Å². The maximum atomic E-state index is 12.1.